The molecule has 2 atom stereocenters. The maximum absolute atomic E-state index is 9.45. The fourth-order valence-corrected chi connectivity index (χ4v) is 1.76. The van der Waals surface area contributed by atoms with Crippen LogP contribution >= 0.6 is 15.9 Å². The predicted octanol–water partition coefficient (Wildman–Crippen LogP) is 2.64. The third-order valence-corrected chi connectivity index (χ3v) is 3.04. The van der Waals surface area contributed by atoms with Gasteiger partial charge in [0.25, 0.3) is 0 Å². The summed E-state index contributed by atoms with van der Waals surface area (Å²) in [6.07, 6.45) is 1.01. The van der Waals surface area contributed by atoms with Crippen molar-refractivity contribution in [2.24, 2.45) is 0 Å². The van der Waals surface area contributed by atoms with Crippen molar-refractivity contribution in [2.45, 2.75) is 38.8 Å². The van der Waals surface area contributed by atoms with Gasteiger partial charge in [-0.3, -0.25) is 0 Å². The lowest BCUT2D eigenvalue weighted by molar-refractivity contribution is 0.140. The van der Waals surface area contributed by atoms with Crippen LogP contribution in [0.25, 0.3) is 0 Å². The SMILES string of the molecule is CCC(C)NC(C)(CO)c1ccc(Br)o1. The zero-order valence-corrected chi connectivity index (χ0v) is 11.0. The number of hydrogen-bond donors (Lipinski definition) is 2. The molecule has 0 aliphatic rings. The van der Waals surface area contributed by atoms with Gasteiger partial charge in [0.05, 0.1) is 12.1 Å². The van der Waals surface area contributed by atoms with Crippen molar-refractivity contribution in [1.82, 2.24) is 5.32 Å². The molecule has 1 aromatic heterocycles. The number of nitrogens with one attached hydrogen (secondary N) is 1. The number of aliphatic hydroxyl groups is 1. The Kier molecular flexibility index (Phi) is 4.37. The van der Waals surface area contributed by atoms with Gasteiger partial charge < -0.3 is 14.8 Å². The van der Waals surface area contributed by atoms with Crippen molar-refractivity contribution in [3.8, 4) is 0 Å². The first-order chi connectivity index (χ1) is 7.01. The highest BCUT2D eigenvalue weighted by Crippen LogP contribution is 2.25. The summed E-state index contributed by atoms with van der Waals surface area (Å²) < 4.78 is 6.16. The Labute approximate surface area is 99.0 Å². The summed E-state index contributed by atoms with van der Waals surface area (Å²) >= 11 is 3.26. The lowest BCUT2D eigenvalue weighted by Gasteiger charge is -2.30. The van der Waals surface area contributed by atoms with E-state index < -0.39 is 5.54 Å². The van der Waals surface area contributed by atoms with Gasteiger partial charge in [-0.05, 0) is 48.3 Å². The molecule has 2 N–H and O–H groups in total. The monoisotopic (exact) mass is 275 g/mol. The topological polar surface area (TPSA) is 45.4 Å². The van der Waals surface area contributed by atoms with E-state index in [1.165, 1.54) is 0 Å². The number of aliphatic hydroxyl groups excluding tert-OH is 1. The minimum atomic E-state index is -0.512. The van der Waals surface area contributed by atoms with E-state index >= 15 is 0 Å². The Bertz CT molecular complexity index is 313. The molecule has 0 bridgehead atoms. The van der Waals surface area contributed by atoms with E-state index in [0.717, 1.165) is 12.2 Å². The standard InChI is InChI=1S/C11H18BrNO2/c1-4-8(2)13-11(3,7-14)9-5-6-10(12)15-9/h5-6,8,13-14H,4,7H2,1-3H3. The molecule has 0 amide bonds. The number of halogens is 1. The molecule has 0 aromatic carbocycles. The van der Waals surface area contributed by atoms with Gasteiger partial charge in [-0.2, -0.15) is 0 Å². The third-order valence-electron chi connectivity index (χ3n) is 2.61. The zero-order chi connectivity index (χ0) is 11.5. The lowest BCUT2D eigenvalue weighted by Crippen LogP contribution is -2.47. The van der Waals surface area contributed by atoms with Crippen LogP contribution in [0.5, 0.6) is 0 Å². The maximum Gasteiger partial charge on any atom is 0.169 e. The molecule has 0 radical (unpaired) electrons. The van der Waals surface area contributed by atoms with E-state index in [-0.39, 0.29) is 6.61 Å². The summed E-state index contributed by atoms with van der Waals surface area (Å²) in [5, 5.41) is 12.8. The second-order valence-corrected chi connectivity index (χ2v) is 4.83. The number of rotatable bonds is 5. The van der Waals surface area contributed by atoms with Crippen molar-refractivity contribution in [3.63, 3.8) is 0 Å². The van der Waals surface area contributed by atoms with Crippen molar-refractivity contribution >= 4 is 15.9 Å². The van der Waals surface area contributed by atoms with Crippen LogP contribution in [-0.4, -0.2) is 17.8 Å². The van der Waals surface area contributed by atoms with Crippen molar-refractivity contribution < 1.29 is 9.52 Å². The van der Waals surface area contributed by atoms with Gasteiger partial charge in [0.2, 0.25) is 0 Å². The average molecular weight is 276 g/mol. The fourth-order valence-electron chi connectivity index (χ4n) is 1.45. The fraction of sp³-hybridized carbons (Fsp3) is 0.636. The van der Waals surface area contributed by atoms with Crippen LogP contribution in [0.4, 0.5) is 0 Å². The predicted molar refractivity (Wildman–Crippen MR) is 63.7 cm³/mol. The molecule has 1 rings (SSSR count). The maximum atomic E-state index is 9.45. The molecule has 3 nitrogen and oxygen atoms in total. The summed E-state index contributed by atoms with van der Waals surface area (Å²) in [7, 11) is 0. The van der Waals surface area contributed by atoms with Gasteiger partial charge in [-0.25, -0.2) is 0 Å². The lowest BCUT2D eigenvalue weighted by atomic mass is 9.98. The van der Waals surface area contributed by atoms with Crippen LogP contribution in [0.3, 0.4) is 0 Å². The Balaban J connectivity index is 2.84. The minimum Gasteiger partial charge on any atom is -0.452 e. The second-order valence-electron chi connectivity index (χ2n) is 4.05. The van der Waals surface area contributed by atoms with Crippen molar-refractivity contribution in [3.05, 3.63) is 22.6 Å². The molecule has 1 aromatic rings. The van der Waals surface area contributed by atoms with E-state index in [1.807, 2.05) is 19.1 Å². The first kappa shape index (κ1) is 12.7. The van der Waals surface area contributed by atoms with Gasteiger partial charge in [0, 0.05) is 6.04 Å². The van der Waals surface area contributed by atoms with Gasteiger partial charge in [0.1, 0.15) is 5.76 Å². The molecule has 2 unspecified atom stereocenters. The quantitative estimate of drug-likeness (QED) is 0.869. The Morgan fingerprint density at radius 1 is 1.60 bits per heavy atom. The largest absolute Gasteiger partial charge is 0.452 e. The van der Waals surface area contributed by atoms with Crippen molar-refractivity contribution in [2.75, 3.05) is 6.61 Å². The molecule has 0 aliphatic carbocycles. The Morgan fingerprint density at radius 2 is 2.27 bits per heavy atom. The van der Waals surface area contributed by atoms with E-state index in [0.29, 0.717) is 10.7 Å². The second kappa shape index (κ2) is 5.14. The first-order valence-electron chi connectivity index (χ1n) is 5.16. The Morgan fingerprint density at radius 3 is 2.67 bits per heavy atom. The van der Waals surface area contributed by atoms with Crippen LogP contribution < -0.4 is 5.32 Å². The average Bonchev–Trinajstić information content (AvgIpc) is 2.65. The van der Waals surface area contributed by atoms with Gasteiger partial charge in [0.15, 0.2) is 4.67 Å². The van der Waals surface area contributed by atoms with Crippen molar-refractivity contribution in [1.29, 1.82) is 0 Å². The Hall–Kier alpha value is -0.320. The summed E-state index contributed by atoms with van der Waals surface area (Å²) in [6.45, 7) is 6.14. The van der Waals surface area contributed by atoms with Gasteiger partial charge in [-0.1, -0.05) is 6.92 Å². The van der Waals surface area contributed by atoms with E-state index in [4.69, 9.17) is 4.42 Å². The molecule has 0 saturated carbocycles. The molecule has 15 heavy (non-hydrogen) atoms. The highest BCUT2D eigenvalue weighted by atomic mass is 79.9. The van der Waals surface area contributed by atoms with E-state index in [9.17, 15) is 5.11 Å². The van der Waals surface area contributed by atoms with Crippen LogP contribution in [-0.2, 0) is 5.54 Å². The van der Waals surface area contributed by atoms with E-state index in [2.05, 4.69) is 35.1 Å². The molecule has 0 spiro atoms. The molecule has 0 saturated heterocycles. The molecule has 1 heterocycles. The number of hydrogen-bond acceptors (Lipinski definition) is 3. The highest BCUT2D eigenvalue weighted by molar-refractivity contribution is 9.10. The molecular weight excluding hydrogens is 258 g/mol. The summed E-state index contributed by atoms with van der Waals surface area (Å²) in [5.41, 5.74) is -0.512. The minimum absolute atomic E-state index is 0.0112. The molecule has 0 aliphatic heterocycles. The van der Waals surface area contributed by atoms with Crippen LogP contribution in [0.15, 0.2) is 21.2 Å². The number of furan rings is 1. The highest BCUT2D eigenvalue weighted by Gasteiger charge is 2.30. The van der Waals surface area contributed by atoms with Crippen LogP contribution in [0.1, 0.15) is 33.0 Å². The van der Waals surface area contributed by atoms with Gasteiger partial charge in [-0.15, -0.1) is 0 Å². The van der Waals surface area contributed by atoms with Crippen LogP contribution in [0.2, 0.25) is 0 Å². The molecule has 86 valence electrons. The van der Waals surface area contributed by atoms with Crippen LogP contribution in [0, 0.1) is 0 Å². The van der Waals surface area contributed by atoms with E-state index in [1.54, 1.807) is 0 Å². The smallest absolute Gasteiger partial charge is 0.169 e. The summed E-state index contributed by atoms with van der Waals surface area (Å²) in [4.78, 5) is 0. The zero-order valence-electron chi connectivity index (χ0n) is 9.38. The first-order valence-corrected chi connectivity index (χ1v) is 5.95. The molecule has 4 heteroatoms. The summed E-state index contributed by atoms with van der Waals surface area (Å²) in [6, 6.07) is 4.04. The summed E-state index contributed by atoms with van der Waals surface area (Å²) in [5.74, 6) is 0.747. The molecular formula is C11H18BrNO2. The molecule has 0 fully saturated rings. The third kappa shape index (κ3) is 3.06. The normalized spacial score (nSPS) is 17.4. The van der Waals surface area contributed by atoms with Gasteiger partial charge >= 0.3 is 0 Å².